The average Bonchev–Trinajstić information content (AvgIpc) is 3.28. The normalized spacial score (nSPS) is 23.6. The minimum Gasteiger partial charge on any atom is -0.0801 e. The summed E-state index contributed by atoms with van der Waals surface area (Å²) in [5.74, 6) is 0. The van der Waals surface area contributed by atoms with Crippen LogP contribution in [0.4, 0.5) is 0 Å². The minimum atomic E-state index is 0.192. The molecule has 0 fully saturated rings. The van der Waals surface area contributed by atoms with Gasteiger partial charge in [-0.05, 0) is 70.1 Å². The molecule has 0 spiro atoms. The number of benzene rings is 1. The maximum atomic E-state index is 2.51. The number of allylic oxidation sites excluding steroid dienone is 8. The highest BCUT2D eigenvalue weighted by Gasteiger charge is 2.36. The molecule has 128 valence electrons. The molecule has 0 aliphatic heterocycles. The second-order valence-electron chi connectivity index (χ2n) is 7.54. The summed E-state index contributed by atoms with van der Waals surface area (Å²) in [6, 6.07) is 7.00. The Morgan fingerprint density at radius 1 is 1.08 bits per heavy atom. The Bertz CT molecular complexity index is 946. The van der Waals surface area contributed by atoms with E-state index < -0.39 is 0 Å². The van der Waals surface area contributed by atoms with Gasteiger partial charge in [0, 0.05) is 5.41 Å². The Labute approximate surface area is 151 Å². The molecule has 0 radical (unpaired) electrons. The lowest BCUT2D eigenvalue weighted by Gasteiger charge is -2.38. The Morgan fingerprint density at radius 3 is 2.64 bits per heavy atom. The van der Waals surface area contributed by atoms with Gasteiger partial charge in [0.1, 0.15) is 0 Å². The van der Waals surface area contributed by atoms with Crippen LogP contribution in [-0.4, -0.2) is 0 Å². The molecule has 0 N–H and O–H groups in total. The molecule has 0 saturated heterocycles. The van der Waals surface area contributed by atoms with E-state index >= 15 is 0 Å². The van der Waals surface area contributed by atoms with E-state index in [4.69, 9.17) is 0 Å². The molecule has 1 aromatic carbocycles. The highest BCUT2D eigenvalue weighted by atomic mass is 14.4. The maximum Gasteiger partial charge on any atom is 0.0141 e. The number of hydrogen-bond donors (Lipinski definition) is 0. The zero-order valence-electron chi connectivity index (χ0n) is 15.7. The van der Waals surface area contributed by atoms with Crippen LogP contribution >= 0.6 is 0 Å². The molecular formula is C25H28. The minimum absolute atomic E-state index is 0.192. The van der Waals surface area contributed by atoms with Crippen molar-refractivity contribution in [3.63, 3.8) is 0 Å². The molecule has 1 atom stereocenters. The summed E-state index contributed by atoms with van der Waals surface area (Å²) >= 11 is 0. The van der Waals surface area contributed by atoms with Crippen molar-refractivity contribution >= 4 is 11.6 Å². The lowest BCUT2D eigenvalue weighted by Crippen LogP contribution is -2.26. The van der Waals surface area contributed by atoms with Crippen LogP contribution < -0.4 is 10.4 Å². The van der Waals surface area contributed by atoms with Crippen molar-refractivity contribution in [3.8, 4) is 0 Å². The first kappa shape index (κ1) is 16.4. The summed E-state index contributed by atoms with van der Waals surface area (Å²) in [5, 5.41) is 2.81. The van der Waals surface area contributed by atoms with Crippen molar-refractivity contribution < 1.29 is 0 Å². The van der Waals surface area contributed by atoms with Crippen molar-refractivity contribution in [3.05, 3.63) is 81.3 Å². The van der Waals surface area contributed by atoms with E-state index in [1.165, 1.54) is 52.0 Å². The van der Waals surface area contributed by atoms with Gasteiger partial charge >= 0.3 is 0 Å². The second kappa shape index (κ2) is 6.33. The summed E-state index contributed by atoms with van der Waals surface area (Å²) in [5.41, 5.74) is 7.65. The molecule has 4 rings (SSSR count). The van der Waals surface area contributed by atoms with Gasteiger partial charge in [-0.25, -0.2) is 0 Å². The van der Waals surface area contributed by atoms with Crippen LogP contribution in [0.5, 0.6) is 0 Å². The van der Waals surface area contributed by atoms with E-state index in [9.17, 15) is 0 Å². The number of hydrogen-bond acceptors (Lipinski definition) is 0. The van der Waals surface area contributed by atoms with Crippen LogP contribution in [0.15, 0.2) is 65.3 Å². The van der Waals surface area contributed by atoms with Crippen LogP contribution in [0, 0.1) is 5.41 Å². The summed E-state index contributed by atoms with van der Waals surface area (Å²) in [6.45, 7) is 6.90. The Morgan fingerprint density at radius 2 is 1.96 bits per heavy atom. The van der Waals surface area contributed by atoms with Gasteiger partial charge < -0.3 is 0 Å². The van der Waals surface area contributed by atoms with E-state index in [2.05, 4.69) is 75.4 Å². The predicted octanol–water partition coefficient (Wildman–Crippen LogP) is 5.14. The zero-order chi connectivity index (χ0) is 17.4. The SMILES string of the molecule is CCCC1(CC)C=CC2=c3ccc(CC)cc3=CC2=C1C1=CC=CC1. The molecule has 0 heteroatoms. The van der Waals surface area contributed by atoms with Gasteiger partial charge in [-0.1, -0.05) is 75.8 Å². The predicted molar refractivity (Wildman–Crippen MR) is 109 cm³/mol. The Kier molecular flexibility index (Phi) is 4.15. The largest absolute Gasteiger partial charge is 0.0801 e. The first-order chi connectivity index (χ1) is 12.2. The number of fused-ring (bicyclic) bond motifs is 2. The third-order valence-electron chi connectivity index (χ3n) is 6.16. The first-order valence-electron chi connectivity index (χ1n) is 9.88. The average molecular weight is 328 g/mol. The first-order valence-corrected chi connectivity index (χ1v) is 9.88. The van der Waals surface area contributed by atoms with Crippen molar-refractivity contribution in [2.75, 3.05) is 0 Å². The third-order valence-corrected chi connectivity index (χ3v) is 6.16. The smallest absolute Gasteiger partial charge is 0.0141 e. The third kappa shape index (κ3) is 2.51. The van der Waals surface area contributed by atoms with Crippen LogP contribution in [0.1, 0.15) is 52.0 Å². The molecule has 3 aliphatic carbocycles. The van der Waals surface area contributed by atoms with Gasteiger partial charge in [0.05, 0.1) is 0 Å². The van der Waals surface area contributed by atoms with E-state index in [1.54, 1.807) is 5.57 Å². The lowest BCUT2D eigenvalue weighted by molar-refractivity contribution is 0.402. The fourth-order valence-electron chi connectivity index (χ4n) is 4.81. The quantitative estimate of drug-likeness (QED) is 0.702. The fourth-order valence-corrected chi connectivity index (χ4v) is 4.81. The van der Waals surface area contributed by atoms with Crippen LogP contribution in [0.2, 0.25) is 0 Å². The van der Waals surface area contributed by atoms with Crippen molar-refractivity contribution in [2.45, 2.75) is 52.9 Å². The highest BCUT2D eigenvalue weighted by molar-refractivity contribution is 5.91. The molecule has 0 nitrogen and oxygen atoms in total. The molecule has 25 heavy (non-hydrogen) atoms. The molecule has 1 aromatic rings. The van der Waals surface area contributed by atoms with Gasteiger partial charge in [-0.15, -0.1) is 0 Å². The van der Waals surface area contributed by atoms with Gasteiger partial charge in [0.2, 0.25) is 0 Å². The van der Waals surface area contributed by atoms with Crippen LogP contribution in [0.3, 0.4) is 0 Å². The highest BCUT2D eigenvalue weighted by Crippen LogP contribution is 2.50. The van der Waals surface area contributed by atoms with E-state index in [0.717, 1.165) is 12.8 Å². The molecule has 1 unspecified atom stereocenters. The standard InChI is InChI=1S/C25H28/c1-4-14-25(6-3)15-13-22-21-12-11-18(5-2)16-20(21)17-23(22)24(25)19-9-7-8-10-19/h7-9,11-13,15-17H,4-6,10,14H2,1-3H3. The van der Waals surface area contributed by atoms with Gasteiger partial charge in [-0.2, -0.15) is 0 Å². The van der Waals surface area contributed by atoms with Gasteiger partial charge in [0.25, 0.3) is 0 Å². The Balaban J connectivity index is 2.00. The van der Waals surface area contributed by atoms with E-state index in [0.29, 0.717) is 0 Å². The van der Waals surface area contributed by atoms with E-state index in [1.807, 2.05) is 0 Å². The van der Waals surface area contributed by atoms with Gasteiger partial charge in [0.15, 0.2) is 0 Å². The summed E-state index contributed by atoms with van der Waals surface area (Å²) in [4.78, 5) is 0. The molecular weight excluding hydrogens is 300 g/mol. The topological polar surface area (TPSA) is 0 Å². The monoisotopic (exact) mass is 328 g/mol. The molecule has 0 saturated carbocycles. The molecule has 0 amide bonds. The lowest BCUT2D eigenvalue weighted by atomic mass is 9.66. The molecule has 0 bridgehead atoms. The maximum absolute atomic E-state index is 2.51. The molecule has 0 heterocycles. The van der Waals surface area contributed by atoms with Crippen molar-refractivity contribution in [2.24, 2.45) is 5.41 Å². The zero-order valence-corrected chi connectivity index (χ0v) is 15.7. The summed E-state index contributed by atoms with van der Waals surface area (Å²) < 4.78 is 0. The Hall–Kier alpha value is -2.08. The second-order valence-corrected chi connectivity index (χ2v) is 7.54. The van der Waals surface area contributed by atoms with Crippen LogP contribution in [-0.2, 0) is 6.42 Å². The number of aryl methyl sites for hydroxylation is 1. The summed E-state index contributed by atoms with van der Waals surface area (Å²) in [6.07, 6.45) is 20.1. The van der Waals surface area contributed by atoms with Gasteiger partial charge in [-0.3, -0.25) is 0 Å². The van der Waals surface area contributed by atoms with Crippen molar-refractivity contribution in [1.82, 2.24) is 0 Å². The van der Waals surface area contributed by atoms with Crippen LogP contribution in [0.25, 0.3) is 11.6 Å². The summed E-state index contributed by atoms with van der Waals surface area (Å²) in [7, 11) is 0. The fraction of sp³-hybridized carbons (Fsp3) is 0.360. The van der Waals surface area contributed by atoms with Crippen molar-refractivity contribution in [1.29, 1.82) is 0 Å². The number of rotatable bonds is 5. The molecule has 3 aliphatic rings. The molecule has 0 aromatic heterocycles. The van der Waals surface area contributed by atoms with E-state index in [-0.39, 0.29) is 5.41 Å².